The Hall–Kier alpha value is -4.11. The number of nitrogens with zero attached hydrogens (tertiary/aromatic N) is 2. The Balaban J connectivity index is 1.83. The molecule has 4 rings (SSSR count). The summed E-state index contributed by atoms with van der Waals surface area (Å²) in [7, 11) is 1.60. The van der Waals surface area contributed by atoms with Gasteiger partial charge in [0.1, 0.15) is 17.1 Å². The molecule has 36 heavy (non-hydrogen) atoms. The molecule has 3 N–H and O–H groups in total. The maximum absolute atomic E-state index is 13.1. The van der Waals surface area contributed by atoms with Gasteiger partial charge in [0.2, 0.25) is 0 Å². The number of aryl methyl sites for hydroxylation is 2. The molecule has 9 heteroatoms. The molecule has 9 nitrogen and oxygen atoms in total. The highest BCUT2D eigenvalue weighted by Gasteiger charge is 2.21. The molecule has 0 saturated carbocycles. The third kappa shape index (κ3) is 5.11. The summed E-state index contributed by atoms with van der Waals surface area (Å²) in [5.74, 6) is 0.0596. The van der Waals surface area contributed by atoms with Gasteiger partial charge in [0.15, 0.2) is 0 Å². The van der Waals surface area contributed by atoms with E-state index in [0.29, 0.717) is 30.7 Å². The highest BCUT2D eigenvalue weighted by Crippen LogP contribution is 2.26. The summed E-state index contributed by atoms with van der Waals surface area (Å²) >= 11 is 0. The Morgan fingerprint density at radius 3 is 2.56 bits per heavy atom. The highest BCUT2D eigenvalue weighted by molar-refractivity contribution is 5.84. The van der Waals surface area contributed by atoms with Gasteiger partial charge < -0.3 is 19.8 Å². The van der Waals surface area contributed by atoms with Gasteiger partial charge in [-0.25, -0.2) is 9.59 Å². The summed E-state index contributed by atoms with van der Waals surface area (Å²) in [6, 6.07) is 14.7. The first-order valence-corrected chi connectivity index (χ1v) is 11.7. The number of nitrogen functional groups attached to an aromatic ring is 1. The maximum atomic E-state index is 13.1. The van der Waals surface area contributed by atoms with Crippen molar-refractivity contribution in [3.05, 3.63) is 102 Å². The quantitative estimate of drug-likeness (QED) is 0.273. The summed E-state index contributed by atoms with van der Waals surface area (Å²) in [6.45, 7) is 5.16. The summed E-state index contributed by atoms with van der Waals surface area (Å²) in [6.07, 6.45) is 0.602. The molecule has 0 saturated heterocycles. The number of hydrogen-bond acceptors (Lipinski definition) is 7. The van der Waals surface area contributed by atoms with Crippen LogP contribution >= 0.6 is 0 Å². The van der Waals surface area contributed by atoms with Gasteiger partial charge in [-0.3, -0.25) is 14.3 Å². The van der Waals surface area contributed by atoms with E-state index in [1.54, 1.807) is 12.0 Å². The summed E-state index contributed by atoms with van der Waals surface area (Å²) in [5, 5.41) is 0.780. The van der Waals surface area contributed by atoms with Crippen molar-refractivity contribution in [3.8, 4) is 0 Å². The van der Waals surface area contributed by atoms with Gasteiger partial charge in [-0.2, -0.15) is 0 Å². The van der Waals surface area contributed by atoms with Crippen molar-refractivity contribution in [1.29, 1.82) is 0 Å². The van der Waals surface area contributed by atoms with Crippen LogP contribution in [0.2, 0.25) is 0 Å². The van der Waals surface area contributed by atoms with Crippen LogP contribution < -0.4 is 27.5 Å². The number of H-pyrrole nitrogens is 1. The zero-order chi connectivity index (χ0) is 25.8. The number of rotatable bonds is 9. The molecule has 0 spiro atoms. The molecule has 0 bridgehead atoms. The highest BCUT2D eigenvalue weighted by atomic mass is 16.5. The molecule has 4 aromatic rings. The van der Waals surface area contributed by atoms with Crippen LogP contribution in [0.4, 0.5) is 11.5 Å². The maximum Gasteiger partial charge on any atom is 0.336 e. The van der Waals surface area contributed by atoms with Crippen LogP contribution in [0.25, 0.3) is 11.0 Å². The van der Waals surface area contributed by atoms with Crippen LogP contribution in [-0.4, -0.2) is 29.8 Å². The van der Waals surface area contributed by atoms with Gasteiger partial charge in [0.25, 0.3) is 5.56 Å². The lowest BCUT2D eigenvalue weighted by atomic mass is 10.0. The molecule has 2 heterocycles. The van der Waals surface area contributed by atoms with E-state index in [-0.39, 0.29) is 24.6 Å². The van der Waals surface area contributed by atoms with Crippen LogP contribution in [-0.2, 0) is 17.8 Å². The molecule has 0 amide bonds. The summed E-state index contributed by atoms with van der Waals surface area (Å²) < 4.78 is 12.1. The predicted octanol–water partition coefficient (Wildman–Crippen LogP) is 2.93. The second-order valence-electron chi connectivity index (χ2n) is 8.81. The lowest BCUT2D eigenvalue weighted by Gasteiger charge is -2.27. The van der Waals surface area contributed by atoms with Crippen molar-refractivity contribution in [2.75, 3.05) is 30.9 Å². The first-order valence-electron chi connectivity index (χ1n) is 11.7. The fourth-order valence-electron chi connectivity index (χ4n) is 4.34. The molecule has 2 aromatic heterocycles. The lowest BCUT2D eigenvalue weighted by molar-refractivity contribution is 0.196. The molecule has 0 unspecified atom stereocenters. The largest absolute Gasteiger partial charge is 0.422 e. The fraction of sp³-hybridized carbons (Fsp3) is 0.296. The first kappa shape index (κ1) is 25.0. The number of fused-ring (bicyclic) bond motifs is 1. The normalized spacial score (nSPS) is 11.2. The van der Waals surface area contributed by atoms with E-state index in [0.717, 1.165) is 22.1 Å². The minimum atomic E-state index is -0.585. The number of nitrogens with one attached hydrogen (secondary N) is 1. The molecule has 0 fully saturated rings. The molecule has 0 aliphatic carbocycles. The average molecular weight is 491 g/mol. The van der Waals surface area contributed by atoms with Crippen LogP contribution in [0.5, 0.6) is 0 Å². The van der Waals surface area contributed by atoms with E-state index < -0.39 is 16.9 Å². The average Bonchev–Trinajstić information content (AvgIpc) is 2.85. The number of benzene rings is 2. The number of hydrogen-bond donors (Lipinski definition) is 2. The number of aromatic nitrogens is 2. The van der Waals surface area contributed by atoms with Crippen molar-refractivity contribution in [2.45, 2.75) is 33.4 Å². The Morgan fingerprint density at radius 2 is 1.83 bits per heavy atom. The van der Waals surface area contributed by atoms with Crippen molar-refractivity contribution in [2.24, 2.45) is 0 Å². The van der Waals surface area contributed by atoms with E-state index in [1.807, 2.05) is 56.3 Å². The van der Waals surface area contributed by atoms with E-state index in [1.165, 1.54) is 10.6 Å². The summed E-state index contributed by atoms with van der Waals surface area (Å²) in [4.78, 5) is 42.4. The van der Waals surface area contributed by atoms with Crippen molar-refractivity contribution >= 4 is 22.5 Å². The monoisotopic (exact) mass is 490 g/mol. The number of anilines is 2. The van der Waals surface area contributed by atoms with Crippen molar-refractivity contribution in [3.63, 3.8) is 0 Å². The minimum Gasteiger partial charge on any atom is -0.422 e. The van der Waals surface area contributed by atoms with Crippen molar-refractivity contribution < 1.29 is 9.15 Å². The number of methoxy groups -OCH3 is 1. The van der Waals surface area contributed by atoms with Crippen LogP contribution in [0.1, 0.15) is 28.7 Å². The fourth-order valence-corrected chi connectivity index (χ4v) is 4.34. The van der Waals surface area contributed by atoms with E-state index in [9.17, 15) is 14.4 Å². The predicted molar refractivity (Wildman–Crippen MR) is 141 cm³/mol. The van der Waals surface area contributed by atoms with Gasteiger partial charge in [0, 0.05) is 38.3 Å². The molecule has 0 aliphatic rings. The van der Waals surface area contributed by atoms with E-state index in [2.05, 4.69) is 4.98 Å². The van der Waals surface area contributed by atoms with Gasteiger partial charge in [-0.05, 0) is 42.5 Å². The smallest absolute Gasteiger partial charge is 0.336 e. The SMILES string of the molecule is COCCCN(Cc1cc(=O)oc2c(C)c(C)ccc12)c1c(N)n(Cc2ccccc2)c(=O)[nH]c1=O. The van der Waals surface area contributed by atoms with Gasteiger partial charge in [-0.1, -0.05) is 42.5 Å². The Labute approximate surface area is 207 Å². The number of ether oxygens (including phenoxy) is 1. The molecule has 0 atom stereocenters. The summed E-state index contributed by atoms with van der Waals surface area (Å²) in [5.41, 5.74) is 8.97. The third-order valence-electron chi connectivity index (χ3n) is 6.37. The topological polar surface area (TPSA) is 124 Å². The van der Waals surface area contributed by atoms with Gasteiger partial charge >= 0.3 is 11.3 Å². The molecular formula is C27H30N4O5. The molecule has 0 aliphatic heterocycles. The second kappa shape index (κ2) is 10.7. The van der Waals surface area contributed by atoms with E-state index in [4.69, 9.17) is 14.9 Å². The van der Waals surface area contributed by atoms with Crippen molar-refractivity contribution in [1.82, 2.24) is 9.55 Å². The number of aromatic amines is 1. The second-order valence-corrected chi connectivity index (χ2v) is 8.81. The van der Waals surface area contributed by atoms with Gasteiger partial charge in [0.05, 0.1) is 6.54 Å². The lowest BCUT2D eigenvalue weighted by Crippen LogP contribution is -2.39. The zero-order valence-corrected chi connectivity index (χ0v) is 20.7. The van der Waals surface area contributed by atoms with Crippen LogP contribution in [0.15, 0.2) is 67.3 Å². The van der Waals surface area contributed by atoms with Gasteiger partial charge in [-0.15, -0.1) is 0 Å². The Morgan fingerprint density at radius 1 is 1.08 bits per heavy atom. The van der Waals surface area contributed by atoms with E-state index >= 15 is 0 Å². The van der Waals surface area contributed by atoms with Crippen LogP contribution in [0.3, 0.4) is 0 Å². The molecule has 188 valence electrons. The third-order valence-corrected chi connectivity index (χ3v) is 6.37. The molecular weight excluding hydrogens is 460 g/mol. The van der Waals surface area contributed by atoms with Crippen LogP contribution in [0, 0.1) is 13.8 Å². The minimum absolute atomic E-state index is 0.0596. The molecule has 0 radical (unpaired) electrons. The first-order chi connectivity index (χ1) is 17.3. The number of nitrogens with two attached hydrogens (primary N) is 1. The Bertz CT molecular complexity index is 1550. The standard InChI is InChI=1S/C27H30N4O5/c1-17-10-11-21-20(14-22(32)36-24(21)18(17)2)16-30(12-7-13-35-3)23-25(28)31(27(34)29-26(23)33)15-19-8-5-4-6-9-19/h4-6,8-11,14H,7,12-13,15-16,28H2,1-3H3,(H,29,33,34). The Kier molecular flexibility index (Phi) is 7.40. The zero-order valence-electron chi connectivity index (χ0n) is 20.7. The molecule has 2 aromatic carbocycles.